The van der Waals surface area contributed by atoms with Gasteiger partial charge < -0.3 is 5.11 Å². The maximum absolute atomic E-state index is 11.7. The Kier molecular flexibility index (Phi) is 7.54. The van der Waals surface area contributed by atoms with Gasteiger partial charge in [-0.2, -0.15) is 0 Å². The smallest absolute Gasteiger partial charge is 0.148 e. The van der Waals surface area contributed by atoms with Gasteiger partial charge in [0.1, 0.15) is 11.6 Å². The molecule has 0 amide bonds. The van der Waals surface area contributed by atoms with Crippen LogP contribution in [0.1, 0.15) is 85.6 Å². The number of imidazole rings is 1. The summed E-state index contributed by atoms with van der Waals surface area (Å²) in [6.07, 6.45) is 1.62. The van der Waals surface area contributed by atoms with Crippen LogP contribution in [-0.4, -0.2) is 19.6 Å². The molecule has 0 unspecified atom stereocenters. The van der Waals surface area contributed by atoms with Gasteiger partial charge in [0.2, 0.25) is 0 Å². The molecule has 0 aliphatic heterocycles. The zero-order chi connectivity index (χ0) is 50.2. The minimum atomic E-state index is -3.39. The molecule has 6 aromatic carbocycles. The number of benzene rings is 6. The first kappa shape index (κ1) is 28.0. The molecule has 4 nitrogen and oxygen atoms in total. The van der Waals surface area contributed by atoms with Gasteiger partial charge in [0.25, 0.3) is 0 Å². The molecule has 0 spiro atoms. The van der Waals surface area contributed by atoms with Gasteiger partial charge in [-0.05, 0) is 106 Å². The number of pyridine rings is 1. The van der Waals surface area contributed by atoms with Crippen LogP contribution < -0.4 is 0 Å². The van der Waals surface area contributed by atoms with E-state index in [1.807, 2.05) is 97.3 Å². The summed E-state index contributed by atoms with van der Waals surface area (Å²) >= 11 is 0. The summed E-state index contributed by atoms with van der Waals surface area (Å²) in [4.78, 5) is 10.1. The number of aryl methyl sites for hydroxylation is 3. The maximum Gasteiger partial charge on any atom is 0.148 e. The number of aromatic hydroxyl groups is 1. The van der Waals surface area contributed by atoms with E-state index in [1.165, 1.54) is 24.3 Å². The third kappa shape index (κ3) is 7.96. The van der Waals surface area contributed by atoms with Gasteiger partial charge in [0, 0.05) is 55.1 Å². The molecular weight excluding hydrogens is 890 g/mol. The summed E-state index contributed by atoms with van der Waals surface area (Å²) in [5.41, 5.74) is 6.41. The van der Waals surface area contributed by atoms with Crippen LogP contribution in [0.25, 0.3) is 72.7 Å². The van der Waals surface area contributed by atoms with Gasteiger partial charge in [-0.25, -0.2) is 4.98 Å². The van der Waals surface area contributed by atoms with Crippen LogP contribution in [0.2, 0.25) is 0 Å². The van der Waals surface area contributed by atoms with E-state index in [1.54, 1.807) is 24.4 Å². The maximum atomic E-state index is 11.7. The number of hydrogen-bond donors (Lipinski definition) is 1. The van der Waals surface area contributed by atoms with E-state index in [0.717, 1.165) is 16.7 Å². The van der Waals surface area contributed by atoms with Crippen LogP contribution in [0.3, 0.4) is 0 Å². The Morgan fingerprint density at radius 3 is 2.10 bits per heavy atom. The number of rotatable bonds is 6. The molecule has 8 rings (SSSR count). The molecule has 294 valence electrons. The van der Waals surface area contributed by atoms with Crippen LogP contribution in [0, 0.1) is 26.8 Å². The molecular formula is C53H50N3OPt-. The Morgan fingerprint density at radius 1 is 0.638 bits per heavy atom. The third-order valence-electron chi connectivity index (χ3n) is 10.4. The first-order valence-corrected chi connectivity index (χ1v) is 18.8. The molecule has 0 aliphatic carbocycles. The molecule has 0 fully saturated rings. The Labute approximate surface area is 374 Å². The monoisotopic (exact) mass is 951 g/mol. The molecule has 0 aliphatic rings. The second kappa shape index (κ2) is 15.6. The van der Waals surface area contributed by atoms with Gasteiger partial charge in [0.15, 0.2) is 0 Å². The number of phenols is 1. The number of para-hydroxylation sites is 1. The predicted molar refractivity (Wildman–Crippen MR) is 238 cm³/mol. The zero-order valence-corrected chi connectivity index (χ0v) is 35.1. The number of phenolic OH excluding ortho intramolecular Hbond substituents is 1. The molecule has 0 atom stereocenters. The molecule has 58 heavy (non-hydrogen) atoms. The average molecular weight is 952 g/mol. The first-order chi connectivity index (χ1) is 32.1. The minimum absolute atomic E-state index is 0. The molecule has 0 radical (unpaired) electrons. The summed E-state index contributed by atoms with van der Waals surface area (Å²) < 4.78 is 101. The van der Waals surface area contributed by atoms with E-state index in [0.29, 0.717) is 72.7 Å². The van der Waals surface area contributed by atoms with Crippen molar-refractivity contribution in [1.82, 2.24) is 14.5 Å². The fourth-order valence-corrected chi connectivity index (χ4v) is 7.38. The van der Waals surface area contributed by atoms with Crippen LogP contribution in [0.4, 0.5) is 0 Å². The predicted octanol–water partition coefficient (Wildman–Crippen LogP) is 13.8. The van der Waals surface area contributed by atoms with Crippen molar-refractivity contribution in [2.75, 3.05) is 0 Å². The molecule has 8 aromatic rings. The SMILES string of the molecule is [2H]C([2H])([2H])c1cc(-c2ccccc2)cc(-n2c(-c3cc(C)cc(C)c3O)nc3c(-c4[c-]c(-c5cc(-c6ccc(C(C([2H])([2H])[2H])(C([2H])([2H])[2H])C([2H])([2H])[2H])cc6)ccn5)cc(C(C)(C)C)c4)cccc32)c1.[Pt]. The summed E-state index contributed by atoms with van der Waals surface area (Å²) in [6.45, 7) is -2.55. The van der Waals surface area contributed by atoms with Crippen molar-refractivity contribution in [2.45, 2.75) is 72.9 Å². The van der Waals surface area contributed by atoms with E-state index < -0.39 is 32.8 Å². The van der Waals surface area contributed by atoms with E-state index in [2.05, 4.69) is 32.9 Å². The second-order valence-electron chi connectivity index (χ2n) is 15.8. The van der Waals surface area contributed by atoms with E-state index in [-0.39, 0.29) is 43.4 Å². The van der Waals surface area contributed by atoms with Crippen LogP contribution in [-0.2, 0) is 31.9 Å². The molecule has 2 aromatic heterocycles. The first-order valence-electron chi connectivity index (χ1n) is 24.8. The fourth-order valence-electron chi connectivity index (χ4n) is 7.38. The van der Waals surface area contributed by atoms with Crippen molar-refractivity contribution in [3.8, 4) is 67.5 Å². The van der Waals surface area contributed by atoms with Gasteiger partial charge in [-0.15, -0.1) is 29.3 Å². The van der Waals surface area contributed by atoms with E-state index >= 15 is 0 Å². The molecule has 1 N–H and O–H groups in total. The summed E-state index contributed by atoms with van der Waals surface area (Å²) in [5, 5.41) is 11.7. The third-order valence-corrected chi connectivity index (χ3v) is 10.4. The van der Waals surface area contributed by atoms with Gasteiger partial charge in [-0.3, -0.25) is 9.55 Å². The van der Waals surface area contributed by atoms with Gasteiger partial charge >= 0.3 is 0 Å². The van der Waals surface area contributed by atoms with Crippen molar-refractivity contribution >= 4 is 11.0 Å². The number of hydrogen-bond acceptors (Lipinski definition) is 3. The zero-order valence-electron chi connectivity index (χ0n) is 44.8. The summed E-state index contributed by atoms with van der Waals surface area (Å²) in [7, 11) is 0. The number of aromatic nitrogens is 3. The molecule has 5 heteroatoms. The normalized spacial score (nSPS) is 15.7. The van der Waals surface area contributed by atoms with Crippen molar-refractivity contribution in [1.29, 1.82) is 0 Å². The number of fused-ring (bicyclic) bond motifs is 1. The second-order valence-corrected chi connectivity index (χ2v) is 15.8. The van der Waals surface area contributed by atoms with Crippen molar-refractivity contribution in [3.63, 3.8) is 0 Å². The van der Waals surface area contributed by atoms with Crippen LogP contribution >= 0.6 is 0 Å². The average Bonchev–Trinajstić information content (AvgIpc) is 3.66. The Morgan fingerprint density at radius 2 is 1.38 bits per heavy atom. The van der Waals surface area contributed by atoms with Crippen LogP contribution in [0.5, 0.6) is 5.75 Å². The molecule has 0 saturated heterocycles. The van der Waals surface area contributed by atoms with Crippen molar-refractivity contribution in [2.24, 2.45) is 0 Å². The Hall–Kier alpha value is -5.57. The minimum Gasteiger partial charge on any atom is -0.507 e. The quantitative estimate of drug-likeness (QED) is 0.169. The molecule has 0 bridgehead atoms. The summed E-state index contributed by atoms with van der Waals surface area (Å²) in [5.74, 6) is 0.453. The van der Waals surface area contributed by atoms with E-state index in [4.69, 9.17) is 26.4 Å². The molecule has 2 heterocycles. The van der Waals surface area contributed by atoms with Gasteiger partial charge in [0.05, 0.1) is 16.6 Å². The summed E-state index contributed by atoms with van der Waals surface area (Å²) in [6, 6.07) is 41.2. The van der Waals surface area contributed by atoms with Crippen molar-refractivity contribution < 1.29 is 42.6 Å². The Bertz CT molecular complexity index is 3200. The number of nitrogens with zero attached hydrogens (tertiary/aromatic N) is 3. The Balaban J connectivity index is 0.00000722. The van der Waals surface area contributed by atoms with Crippen molar-refractivity contribution in [3.05, 3.63) is 167 Å². The largest absolute Gasteiger partial charge is 0.507 e. The van der Waals surface area contributed by atoms with Crippen LogP contribution in [0.15, 0.2) is 134 Å². The topological polar surface area (TPSA) is 50.9 Å². The van der Waals surface area contributed by atoms with Gasteiger partial charge in [-0.1, -0.05) is 137 Å². The fraction of sp³-hybridized carbons (Fsp3) is 0.208. The standard InChI is InChI=1S/C53H50N3O.Pt/c1-33-24-35(3)50(57)46(27-33)51-55-49-45(16-13-17-48(49)56(51)44-26-34(2)25-39(31-44)36-14-11-10-12-15-36)40-28-41(30-43(29-40)53(7,8)9)47-32-38(22-23-54-47)37-18-20-42(21-19-37)52(4,5)6;/h10-27,29-32,57H,1-9H3;/q-1;/i2D3,4D3,5D3,6D3;. The molecule has 0 saturated carbocycles. The van der Waals surface area contributed by atoms with E-state index in [9.17, 15) is 5.11 Å².